The SMILES string of the molecule is Clc1cccc(N2CCN(CCNCc3cc(-c4ccccc4)n(-c4ccccc4)n3)CC2)c1. The number of hydrogen-bond acceptors (Lipinski definition) is 4. The minimum atomic E-state index is 0.752. The highest BCUT2D eigenvalue weighted by molar-refractivity contribution is 6.30. The zero-order valence-corrected chi connectivity index (χ0v) is 20.0. The number of nitrogens with one attached hydrogen (secondary N) is 1. The molecule has 0 saturated carbocycles. The first-order chi connectivity index (χ1) is 16.8. The van der Waals surface area contributed by atoms with Crippen molar-refractivity contribution in [1.82, 2.24) is 20.0 Å². The molecule has 1 saturated heterocycles. The number of para-hydroxylation sites is 1. The van der Waals surface area contributed by atoms with Crippen LogP contribution in [0.5, 0.6) is 0 Å². The molecule has 1 N–H and O–H groups in total. The molecule has 0 atom stereocenters. The molecule has 174 valence electrons. The molecular formula is C28H30ClN5. The highest BCUT2D eigenvalue weighted by Gasteiger charge is 2.17. The van der Waals surface area contributed by atoms with Crippen molar-refractivity contribution in [2.75, 3.05) is 44.2 Å². The van der Waals surface area contributed by atoms with Crippen LogP contribution in [0.25, 0.3) is 16.9 Å². The molecule has 0 aliphatic carbocycles. The van der Waals surface area contributed by atoms with Crippen LogP contribution in [0.4, 0.5) is 5.69 Å². The molecule has 0 amide bonds. The molecule has 34 heavy (non-hydrogen) atoms. The molecule has 3 aromatic carbocycles. The summed E-state index contributed by atoms with van der Waals surface area (Å²) in [6.07, 6.45) is 0. The molecule has 1 fully saturated rings. The second kappa shape index (κ2) is 10.9. The van der Waals surface area contributed by atoms with Crippen molar-refractivity contribution >= 4 is 17.3 Å². The van der Waals surface area contributed by atoms with Crippen molar-refractivity contribution in [3.05, 3.63) is 102 Å². The van der Waals surface area contributed by atoms with Crippen molar-refractivity contribution in [1.29, 1.82) is 0 Å². The first-order valence-electron chi connectivity index (χ1n) is 11.9. The first kappa shape index (κ1) is 22.7. The third kappa shape index (κ3) is 5.50. The Morgan fingerprint density at radius 2 is 1.47 bits per heavy atom. The Bertz CT molecular complexity index is 1130. The number of nitrogens with zero attached hydrogens (tertiary/aromatic N) is 4. The van der Waals surface area contributed by atoms with E-state index in [0.717, 1.165) is 67.9 Å². The van der Waals surface area contributed by atoms with E-state index in [1.54, 1.807) is 0 Å². The Kier molecular flexibility index (Phi) is 7.25. The number of hydrogen-bond donors (Lipinski definition) is 1. The number of aromatic nitrogens is 2. The second-order valence-electron chi connectivity index (χ2n) is 8.62. The molecule has 4 aromatic rings. The van der Waals surface area contributed by atoms with Crippen molar-refractivity contribution in [3.63, 3.8) is 0 Å². The summed E-state index contributed by atoms with van der Waals surface area (Å²) in [7, 11) is 0. The predicted molar refractivity (Wildman–Crippen MR) is 141 cm³/mol. The van der Waals surface area contributed by atoms with E-state index in [1.807, 2.05) is 28.9 Å². The van der Waals surface area contributed by atoms with Crippen molar-refractivity contribution in [3.8, 4) is 16.9 Å². The van der Waals surface area contributed by atoms with Gasteiger partial charge in [-0.1, -0.05) is 66.2 Å². The fourth-order valence-corrected chi connectivity index (χ4v) is 4.64. The maximum absolute atomic E-state index is 6.16. The van der Waals surface area contributed by atoms with Gasteiger partial charge in [0.15, 0.2) is 0 Å². The van der Waals surface area contributed by atoms with E-state index in [2.05, 4.69) is 81.8 Å². The second-order valence-corrected chi connectivity index (χ2v) is 9.06. The van der Waals surface area contributed by atoms with Gasteiger partial charge in [0.05, 0.1) is 17.1 Å². The summed E-state index contributed by atoms with van der Waals surface area (Å²) in [5, 5.41) is 9.31. The summed E-state index contributed by atoms with van der Waals surface area (Å²) in [5.74, 6) is 0. The minimum Gasteiger partial charge on any atom is -0.369 e. The van der Waals surface area contributed by atoms with Crippen LogP contribution >= 0.6 is 11.6 Å². The van der Waals surface area contributed by atoms with Crippen LogP contribution in [0, 0.1) is 0 Å². The number of anilines is 1. The number of benzene rings is 3. The summed E-state index contributed by atoms with van der Waals surface area (Å²) in [6.45, 7) is 6.92. The monoisotopic (exact) mass is 471 g/mol. The van der Waals surface area contributed by atoms with Crippen LogP contribution < -0.4 is 10.2 Å². The molecule has 0 radical (unpaired) electrons. The van der Waals surface area contributed by atoms with Crippen molar-refractivity contribution in [2.24, 2.45) is 0 Å². The lowest BCUT2D eigenvalue weighted by Crippen LogP contribution is -2.48. The lowest BCUT2D eigenvalue weighted by molar-refractivity contribution is 0.257. The van der Waals surface area contributed by atoms with Gasteiger partial charge in [0, 0.05) is 62.1 Å². The Labute approximate surface area is 206 Å². The summed E-state index contributed by atoms with van der Waals surface area (Å²) >= 11 is 6.16. The maximum Gasteiger partial charge on any atom is 0.0773 e. The van der Waals surface area contributed by atoms with E-state index in [9.17, 15) is 0 Å². The Hall–Kier alpha value is -3.12. The van der Waals surface area contributed by atoms with Crippen molar-refractivity contribution in [2.45, 2.75) is 6.54 Å². The van der Waals surface area contributed by atoms with Crippen molar-refractivity contribution < 1.29 is 0 Å². The summed E-state index contributed by atoms with van der Waals surface area (Å²) in [5.41, 5.74) is 5.62. The third-order valence-electron chi connectivity index (χ3n) is 6.29. The van der Waals surface area contributed by atoms with Gasteiger partial charge in [0.25, 0.3) is 0 Å². The predicted octanol–water partition coefficient (Wildman–Crippen LogP) is 5.10. The molecule has 0 unspecified atom stereocenters. The quantitative estimate of drug-likeness (QED) is 0.362. The minimum absolute atomic E-state index is 0.752. The molecule has 2 heterocycles. The van der Waals surface area contributed by atoms with Gasteiger partial charge in [-0.05, 0) is 36.4 Å². The molecule has 1 aromatic heterocycles. The molecule has 5 rings (SSSR count). The summed E-state index contributed by atoms with van der Waals surface area (Å²) in [6, 6.07) is 31.1. The van der Waals surface area contributed by atoms with Gasteiger partial charge in [-0.3, -0.25) is 4.90 Å². The van der Waals surface area contributed by atoms with E-state index in [4.69, 9.17) is 16.7 Å². The van der Waals surface area contributed by atoms with Crippen LogP contribution in [0.3, 0.4) is 0 Å². The van der Waals surface area contributed by atoms with Gasteiger partial charge in [0.1, 0.15) is 0 Å². The highest BCUT2D eigenvalue weighted by Crippen LogP contribution is 2.24. The standard InChI is InChI=1S/C28H30ClN5/c29-24-10-7-13-27(20-24)33-18-16-32(17-19-33)15-14-30-22-25-21-28(23-8-3-1-4-9-23)34(31-25)26-11-5-2-6-12-26/h1-13,20-21,30H,14-19,22H2. The van der Waals surface area contributed by atoms with Crippen LogP contribution in [-0.4, -0.2) is 53.9 Å². The molecule has 0 bridgehead atoms. The van der Waals surface area contributed by atoms with Gasteiger partial charge in [-0.25, -0.2) is 4.68 Å². The fourth-order valence-electron chi connectivity index (χ4n) is 4.45. The largest absolute Gasteiger partial charge is 0.369 e. The molecule has 5 nitrogen and oxygen atoms in total. The number of piperazine rings is 1. The van der Waals surface area contributed by atoms with Gasteiger partial charge >= 0.3 is 0 Å². The van der Waals surface area contributed by atoms with E-state index in [-0.39, 0.29) is 0 Å². The van der Waals surface area contributed by atoms with E-state index in [1.165, 1.54) is 11.3 Å². The molecule has 0 spiro atoms. The molecule has 6 heteroatoms. The van der Waals surface area contributed by atoms with Crippen LogP contribution in [0.15, 0.2) is 91.0 Å². The topological polar surface area (TPSA) is 36.3 Å². The fraction of sp³-hybridized carbons (Fsp3) is 0.250. The number of halogens is 1. The van der Waals surface area contributed by atoms with E-state index >= 15 is 0 Å². The normalized spacial score (nSPS) is 14.4. The molecule has 1 aliphatic heterocycles. The zero-order valence-electron chi connectivity index (χ0n) is 19.3. The smallest absolute Gasteiger partial charge is 0.0773 e. The Morgan fingerprint density at radius 1 is 0.765 bits per heavy atom. The van der Waals surface area contributed by atoms with E-state index in [0.29, 0.717) is 0 Å². The van der Waals surface area contributed by atoms with Gasteiger partial charge in [0.2, 0.25) is 0 Å². The Balaban J connectivity index is 1.15. The highest BCUT2D eigenvalue weighted by atomic mass is 35.5. The zero-order chi connectivity index (χ0) is 23.2. The summed E-state index contributed by atoms with van der Waals surface area (Å²) < 4.78 is 2.04. The average Bonchev–Trinajstić information content (AvgIpc) is 3.32. The number of rotatable bonds is 8. The Morgan fingerprint density at radius 3 is 2.21 bits per heavy atom. The van der Waals surface area contributed by atoms with Crippen LogP contribution in [0.1, 0.15) is 5.69 Å². The van der Waals surface area contributed by atoms with Crippen LogP contribution in [-0.2, 0) is 6.54 Å². The molecular weight excluding hydrogens is 442 g/mol. The lowest BCUT2D eigenvalue weighted by Gasteiger charge is -2.36. The van der Waals surface area contributed by atoms with Crippen LogP contribution in [0.2, 0.25) is 5.02 Å². The molecule has 1 aliphatic rings. The van der Waals surface area contributed by atoms with E-state index < -0.39 is 0 Å². The maximum atomic E-state index is 6.16. The average molecular weight is 472 g/mol. The summed E-state index contributed by atoms with van der Waals surface area (Å²) in [4.78, 5) is 4.93. The third-order valence-corrected chi connectivity index (χ3v) is 6.52. The lowest BCUT2D eigenvalue weighted by atomic mass is 10.1. The van der Waals surface area contributed by atoms with Gasteiger partial charge in [-0.15, -0.1) is 0 Å². The van der Waals surface area contributed by atoms with Gasteiger partial charge in [-0.2, -0.15) is 5.10 Å². The van der Waals surface area contributed by atoms with Gasteiger partial charge < -0.3 is 10.2 Å². The first-order valence-corrected chi connectivity index (χ1v) is 12.3.